The van der Waals surface area contributed by atoms with Crippen LogP contribution in [0.1, 0.15) is 29.9 Å². The summed E-state index contributed by atoms with van der Waals surface area (Å²) in [7, 11) is 0. The van der Waals surface area contributed by atoms with Gasteiger partial charge in [-0.05, 0) is 55.0 Å². The molecule has 1 fully saturated rings. The van der Waals surface area contributed by atoms with E-state index in [1.165, 1.54) is 29.0 Å². The van der Waals surface area contributed by atoms with Gasteiger partial charge in [0, 0.05) is 11.3 Å². The Kier molecular flexibility index (Phi) is 7.06. The van der Waals surface area contributed by atoms with Crippen molar-refractivity contribution in [2.45, 2.75) is 23.1 Å². The number of furan rings is 1. The van der Waals surface area contributed by atoms with E-state index < -0.39 is 17.7 Å². The number of benzene rings is 2. The molecule has 1 saturated heterocycles. The molecule has 0 bridgehead atoms. The molecule has 11 heteroatoms. The molecule has 1 aliphatic heterocycles. The van der Waals surface area contributed by atoms with Crippen molar-refractivity contribution in [1.82, 2.24) is 10.2 Å². The average Bonchev–Trinajstić information content (AvgIpc) is 3.65. The zero-order valence-corrected chi connectivity index (χ0v) is 21.1. The van der Waals surface area contributed by atoms with Gasteiger partial charge in [0.15, 0.2) is 4.34 Å². The molecule has 1 atom stereocenters. The summed E-state index contributed by atoms with van der Waals surface area (Å²) < 4.78 is 25.5. The number of aliphatic hydroxyl groups excluding tert-OH is 1. The number of hydrogen-bond acceptors (Lipinski definition) is 9. The third-order valence-electron chi connectivity index (χ3n) is 5.61. The largest absolute Gasteiger partial charge is 0.507 e. The van der Waals surface area contributed by atoms with E-state index in [0.717, 1.165) is 11.3 Å². The quantitative estimate of drug-likeness (QED) is 0.102. The number of ketones is 1. The maximum Gasteiger partial charge on any atom is 0.302 e. The molecule has 8 nitrogen and oxygen atoms in total. The van der Waals surface area contributed by atoms with Crippen molar-refractivity contribution in [2.75, 3.05) is 11.5 Å². The van der Waals surface area contributed by atoms with Gasteiger partial charge in [-0.1, -0.05) is 41.3 Å². The van der Waals surface area contributed by atoms with E-state index in [1.54, 1.807) is 54.6 Å². The van der Waals surface area contributed by atoms with Crippen LogP contribution in [0.3, 0.4) is 0 Å². The Morgan fingerprint density at radius 2 is 1.92 bits per heavy atom. The Labute approximate surface area is 219 Å². The maximum atomic E-state index is 14.0. The van der Waals surface area contributed by atoms with Crippen LogP contribution in [0.5, 0.6) is 5.75 Å². The zero-order valence-electron chi connectivity index (χ0n) is 19.5. The minimum Gasteiger partial charge on any atom is -0.507 e. The Morgan fingerprint density at radius 3 is 2.62 bits per heavy atom. The fourth-order valence-electron chi connectivity index (χ4n) is 3.89. The number of ether oxygens (including phenoxy) is 1. The van der Waals surface area contributed by atoms with Crippen LogP contribution in [0.15, 0.2) is 81.3 Å². The third-order valence-corrected chi connectivity index (χ3v) is 7.71. The summed E-state index contributed by atoms with van der Waals surface area (Å²) in [6.45, 7) is 2.34. The molecule has 0 saturated carbocycles. The molecule has 0 spiro atoms. The number of carbonyl (C=O) groups is 2. The molecule has 4 aromatic rings. The standard InChI is InChI=1S/C26H20FN3O5S2/c1-2-34-17-11-9-15(10-12-17)22(31)20-21(19-8-5-13-35-19)30(24(33)23(20)32)25-28-29-26(37-25)36-14-16-6-3-4-7-18(16)27/h3-13,21,31H,2,14H2,1H3/b22-20-. The van der Waals surface area contributed by atoms with Crippen LogP contribution in [0.25, 0.3) is 5.76 Å². The lowest BCUT2D eigenvalue weighted by Crippen LogP contribution is -2.29. The van der Waals surface area contributed by atoms with Crippen molar-refractivity contribution in [2.24, 2.45) is 0 Å². The molecule has 1 unspecified atom stereocenters. The predicted octanol–water partition coefficient (Wildman–Crippen LogP) is 5.59. The fraction of sp³-hybridized carbons (Fsp3) is 0.154. The normalized spacial score (nSPS) is 16.9. The van der Waals surface area contributed by atoms with E-state index >= 15 is 0 Å². The second kappa shape index (κ2) is 10.6. The fourth-order valence-corrected chi connectivity index (χ4v) is 5.74. The van der Waals surface area contributed by atoms with Gasteiger partial charge in [0.25, 0.3) is 5.78 Å². The molecular weight excluding hydrogens is 517 g/mol. The van der Waals surface area contributed by atoms with E-state index in [2.05, 4.69) is 10.2 Å². The SMILES string of the molecule is CCOc1ccc(/C(O)=C2/C(=O)C(=O)N(c3nnc(SCc4ccccc4F)s3)C2c2ccco2)cc1. The first kappa shape index (κ1) is 24.7. The van der Waals surface area contributed by atoms with Crippen LogP contribution < -0.4 is 9.64 Å². The topological polar surface area (TPSA) is 106 Å². The number of Topliss-reactive ketones (excluding diaryl/α,β-unsaturated/α-hetero) is 1. The van der Waals surface area contributed by atoms with Gasteiger partial charge in [-0.15, -0.1) is 10.2 Å². The summed E-state index contributed by atoms with van der Waals surface area (Å²) >= 11 is 2.35. The number of carbonyl (C=O) groups excluding carboxylic acids is 2. The number of thioether (sulfide) groups is 1. The maximum absolute atomic E-state index is 14.0. The third kappa shape index (κ3) is 4.87. The first-order valence-electron chi connectivity index (χ1n) is 11.2. The van der Waals surface area contributed by atoms with Gasteiger partial charge in [0.05, 0.1) is 18.4 Å². The molecule has 1 aliphatic rings. The second-order valence-corrected chi connectivity index (χ2v) is 10.1. The van der Waals surface area contributed by atoms with Crippen molar-refractivity contribution in [1.29, 1.82) is 0 Å². The molecule has 2 aromatic carbocycles. The lowest BCUT2D eigenvalue weighted by Gasteiger charge is -2.20. The highest BCUT2D eigenvalue weighted by Gasteiger charge is 2.49. The van der Waals surface area contributed by atoms with Crippen molar-refractivity contribution in [3.8, 4) is 5.75 Å². The highest BCUT2D eigenvalue weighted by molar-refractivity contribution is 8.00. The molecule has 0 aliphatic carbocycles. The van der Waals surface area contributed by atoms with Gasteiger partial charge in [-0.2, -0.15) is 0 Å². The first-order chi connectivity index (χ1) is 18.0. The van der Waals surface area contributed by atoms with Gasteiger partial charge >= 0.3 is 5.91 Å². The average molecular weight is 538 g/mol. The monoisotopic (exact) mass is 537 g/mol. The summed E-state index contributed by atoms with van der Waals surface area (Å²) in [5, 5.41) is 19.5. The lowest BCUT2D eigenvalue weighted by atomic mass is 9.99. The van der Waals surface area contributed by atoms with Crippen molar-refractivity contribution in [3.63, 3.8) is 0 Å². The summed E-state index contributed by atoms with van der Waals surface area (Å²) in [5.41, 5.74) is 0.729. The van der Waals surface area contributed by atoms with Gasteiger partial charge in [-0.25, -0.2) is 4.39 Å². The molecule has 1 amide bonds. The Bertz CT molecular complexity index is 1470. The van der Waals surface area contributed by atoms with E-state index in [9.17, 15) is 19.1 Å². The number of aliphatic hydroxyl groups is 1. The first-order valence-corrected chi connectivity index (χ1v) is 13.1. The number of hydrogen-bond donors (Lipinski definition) is 1. The highest BCUT2D eigenvalue weighted by atomic mass is 32.2. The minimum atomic E-state index is -1.04. The van der Waals surface area contributed by atoms with Crippen LogP contribution in [-0.4, -0.2) is 33.6 Å². The lowest BCUT2D eigenvalue weighted by molar-refractivity contribution is -0.132. The molecule has 5 rings (SSSR count). The summed E-state index contributed by atoms with van der Waals surface area (Å²) in [5.74, 6) is -1.20. The summed E-state index contributed by atoms with van der Waals surface area (Å²) in [6.07, 6.45) is 1.42. The second-order valence-electron chi connectivity index (χ2n) is 7.87. The Hall–Kier alpha value is -3.96. The summed E-state index contributed by atoms with van der Waals surface area (Å²) in [4.78, 5) is 27.5. The van der Waals surface area contributed by atoms with Gasteiger partial charge in [-0.3, -0.25) is 14.5 Å². The van der Waals surface area contributed by atoms with Crippen molar-refractivity contribution >= 4 is 45.7 Å². The number of aromatic nitrogens is 2. The van der Waals surface area contributed by atoms with Gasteiger partial charge in [0.1, 0.15) is 29.1 Å². The number of nitrogens with zero attached hydrogens (tertiary/aromatic N) is 3. The summed E-state index contributed by atoms with van der Waals surface area (Å²) in [6, 6.07) is 15.2. The van der Waals surface area contributed by atoms with E-state index in [0.29, 0.717) is 33.6 Å². The molecule has 188 valence electrons. The molecule has 3 heterocycles. The number of rotatable bonds is 8. The van der Waals surface area contributed by atoms with Crippen LogP contribution in [0, 0.1) is 5.82 Å². The number of anilines is 1. The van der Waals surface area contributed by atoms with Crippen LogP contribution >= 0.6 is 23.1 Å². The molecule has 37 heavy (non-hydrogen) atoms. The van der Waals surface area contributed by atoms with Crippen LogP contribution in [0.4, 0.5) is 9.52 Å². The Morgan fingerprint density at radius 1 is 1.14 bits per heavy atom. The zero-order chi connectivity index (χ0) is 25.9. The number of amides is 1. The molecular formula is C26H20FN3O5S2. The van der Waals surface area contributed by atoms with Gasteiger partial charge in [0.2, 0.25) is 5.13 Å². The Balaban J connectivity index is 1.49. The number of halogens is 1. The molecule has 2 aromatic heterocycles. The predicted molar refractivity (Wildman–Crippen MR) is 137 cm³/mol. The van der Waals surface area contributed by atoms with Crippen molar-refractivity contribution in [3.05, 3.63) is 95.2 Å². The van der Waals surface area contributed by atoms with E-state index in [-0.39, 0.29) is 28.0 Å². The highest BCUT2D eigenvalue weighted by Crippen LogP contribution is 2.44. The minimum absolute atomic E-state index is 0.125. The van der Waals surface area contributed by atoms with Crippen LogP contribution in [-0.2, 0) is 15.3 Å². The van der Waals surface area contributed by atoms with Gasteiger partial charge < -0.3 is 14.3 Å². The van der Waals surface area contributed by atoms with E-state index in [4.69, 9.17) is 9.15 Å². The van der Waals surface area contributed by atoms with Crippen LogP contribution in [0.2, 0.25) is 0 Å². The molecule has 1 N–H and O–H groups in total. The smallest absolute Gasteiger partial charge is 0.302 e. The van der Waals surface area contributed by atoms with Crippen molar-refractivity contribution < 1.29 is 28.2 Å². The van der Waals surface area contributed by atoms with E-state index in [1.807, 2.05) is 6.92 Å². The molecule has 0 radical (unpaired) electrons.